The summed E-state index contributed by atoms with van der Waals surface area (Å²) >= 11 is 1.21. The van der Waals surface area contributed by atoms with Gasteiger partial charge in [0.2, 0.25) is 10.0 Å². The molecule has 0 aliphatic rings. The molecule has 0 bridgehead atoms. The summed E-state index contributed by atoms with van der Waals surface area (Å²) in [6.45, 7) is 0.234. The molecule has 1 heterocycles. The van der Waals surface area contributed by atoms with E-state index in [-0.39, 0.29) is 11.4 Å². The number of hydrogen-bond acceptors (Lipinski definition) is 5. The third-order valence-electron chi connectivity index (χ3n) is 2.70. The standard InChI is InChI=1S/C13H14N2O4S2/c16-13(15-17)12-7-6-10(20-12)8-9-14-21(18,19)11-4-2-1-3-5-11/h1-7,14,17H,8-9H2,(H,15,16). The first-order valence-electron chi connectivity index (χ1n) is 6.11. The van der Waals surface area contributed by atoms with Crippen LogP contribution in [-0.4, -0.2) is 26.1 Å². The van der Waals surface area contributed by atoms with Crippen molar-refractivity contribution in [3.8, 4) is 0 Å². The number of hydrogen-bond donors (Lipinski definition) is 3. The predicted molar refractivity (Wildman–Crippen MR) is 78.9 cm³/mol. The highest BCUT2D eigenvalue weighted by molar-refractivity contribution is 7.89. The lowest BCUT2D eigenvalue weighted by Gasteiger charge is -2.05. The molecule has 0 saturated heterocycles. The van der Waals surface area contributed by atoms with Gasteiger partial charge in [-0.05, 0) is 30.7 Å². The third kappa shape index (κ3) is 4.11. The van der Waals surface area contributed by atoms with Gasteiger partial charge < -0.3 is 0 Å². The van der Waals surface area contributed by atoms with Crippen LogP contribution in [0.15, 0.2) is 47.4 Å². The van der Waals surface area contributed by atoms with E-state index in [1.807, 2.05) is 0 Å². The van der Waals surface area contributed by atoms with Crippen LogP contribution >= 0.6 is 11.3 Å². The van der Waals surface area contributed by atoms with Crippen molar-refractivity contribution >= 4 is 27.3 Å². The van der Waals surface area contributed by atoms with Gasteiger partial charge in [-0.1, -0.05) is 18.2 Å². The maximum atomic E-state index is 12.0. The van der Waals surface area contributed by atoms with Crippen LogP contribution in [0.1, 0.15) is 14.5 Å². The van der Waals surface area contributed by atoms with Gasteiger partial charge in [0.25, 0.3) is 5.91 Å². The molecule has 1 aromatic carbocycles. The summed E-state index contributed by atoms with van der Waals surface area (Å²) in [4.78, 5) is 12.6. The van der Waals surface area contributed by atoms with E-state index in [1.165, 1.54) is 23.5 Å². The molecule has 0 aliphatic carbocycles. The van der Waals surface area contributed by atoms with Gasteiger partial charge in [-0.3, -0.25) is 10.0 Å². The van der Waals surface area contributed by atoms with Crippen LogP contribution in [0.5, 0.6) is 0 Å². The first-order valence-corrected chi connectivity index (χ1v) is 8.41. The van der Waals surface area contributed by atoms with E-state index in [2.05, 4.69) is 4.72 Å². The number of thiophene rings is 1. The van der Waals surface area contributed by atoms with Gasteiger partial charge in [-0.15, -0.1) is 11.3 Å². The Morgan fingerprint density at radius 1 is 1.14 bits per heavy atom. The summed E-state index contributed by atoms with van der Waals surface area (Å²) in [5.74, 6) is -0.573. The minimum absolute atomic E-state index is 0.219. The first-order chi connectivity index (χ1) is 10.0. The van der Waals surface area contributed by atoms with E-state index in [1.54, 1.807) is 35.8 Å². The molecule has 8 heteroatoms. The molecule has 0 aliphatic heterocycles. The molecule has 1 aromatic heterocycles. The normalized spacial score (nSPS) is 11.3. The van der Waals surface area contributed by atoms with E-state index in [4.69, 9.17) is 5.21 Å². The fraction of sp³-hybridized carbons (Fsp3) is 0.154. The van der Waals surface area contributed by atoms with Gasteiger partial charge in [0, 0.05) is 11.4 Å². The summed E-state index contributed by atoms with van der Waals surface area (Å²) in [7, 11) is -3.51. The highest BCUT2D eigenvalue weighted by Gasteiger charge is 2.13. The average molecular weight is 326 g/mol. The maximum Gasteiger partial charge on any atom is 0.284 e. The van der Waals surface area contributed by atoms with Gasteiger partial charge in [-0.2, -0.15) is 0 Å². The number of hydroxylamine groups is 1. The Labute approximate surface area is 126 Å². The van der Waals surface area contributed by atoms with Crippen molar-refractivity contribution in [1.29, 1.82) is 0 Å². The molecule has 1 amide bonds. The van der Waals surface area contributed by atoms with Crippen LogP contribution in [0, 0.1) is 0 Å². The molecule has 2 aromatic rings. The molecular formula is C13H14N2O4S2. The summed E-state index contributed by atoms with van der Waals surface area (Å²) in [6, 6.07) is 11.4. The lowest BCUT2D eigenvalue weighted by atomic mass is 10.3. The summed E-state index contributed by atoms with van der Waals surface area (Å²) in [6.07, 6.45) is 0.468. The van der Waals surface area contributed by atoms with Gasteiger partial charge in [0.1, 0.15) is 0 Å². The number of rotatable bonds is 6. The fourth-order valence-electron chi connectivity index (χ4n) is 1.68. The van der Waals surface area contributed by atoms with Crippen LogP contribution in [0.2, 0.25) is 0 Å². The zero-order valence-electron chi connectivity index (χ0n) is 10.9. The van der Waals surface area contributed by atoms with E-state index >= 15 is 0 Å². The zero-order valence-corrected chi connectivity index (χ0v) is 12.6. The highest BCUT2D eigenvalue weighted by atomic mass is 32.2. The quantitative estimate of drug-likeness (QED) is 0.552. The van der Waals surface area contributed by atoms with Crippen LogP contribution in [0.4, 0.5) is 0 Å². The molecule has 112 valence electrons. The molecule has 0 unspecified atom stereocenters. The zero-order chi connectivity index (χ0) is 15.3. The van der Waals surface area contributed by atoms with Gasteiger partial charge in [0.15, 0.2) is 0 Å². The number of amides is 1. The number of nitrogens with one attached hydrogen (secondary N) is 2. The van der Waals surface area contributed by atoms with Gasteiger partial charge in [0.05, 0.1) is 9.77 Å². The second kappa shape index (κ2) is 6.81. The van der Waals surface area contributed by atoms with Crippen LogP contribution in [0.25, 0.3) is 0 Å². The Morgan fingerprint density at radius 3 is 2.52 bits per heavy atom. The minimum atomic E-state index is -3.51. The third-order valence-corrected chi connectivity index (χ3v) is 5.32. The van der Waals surface area contributed by atoms with E-state index in [0.717, 1.165) is 4.88 Å². The lowest BCUT2D eigenvalue weighted by Crippen LogP contribution is -2.25. The Hall–Kier alpha value is -1.74. The molecule has 0 fully saturated rings. The number of carbonyl (C=O) groups is 1. The summed E-state index contributed by atoms with van der Waals surface area (Å²) in [5, 5.41) is 8.52. The number of benzene rings is 1. The van der Waals surface area contributed by atoms with Crippen molar-refractivity contribution in [1.82, 2.24) is 10.2 Å². The first kappa shape index (κ1) is 15.6. The van der Waals surface area contributed by atoms with Crippen molar-refractivity contribution in [3.05, 3.63) is 52.2 Å². The van der Waals surface area contributed by atoms with Gasteiger partial charge in [-0.25, -0.2) is 18.6 Å². The smallest absolute Gasteiger partial charge is 0.284 e. The van der Waals surface area contributed by atoms with E-state index in [0.29, 0.717) is 11.3 Å². The second-order valence-electron chi connectivity index (χ2n) is 4.17. The molecule has 2 rings (SSSR count). The maximum absolute atomic E-state index is 12.0. The molecule has 6 nitrogen and oxygen atoms in total. The van der Waals surface area contributed by atoms with Crippen molar-refractivity contribution in [2.45, 2.75) is 11.3 Å². The topological polar surface area (TPSA) is 95.5 Å². The van der Waals surface area contributed by atoms with Gasteiger partial charge >= 0.3 is 0 Å². The SMILES string of the molecule is O=C(NO)c1ccc(CCNS(=O)(=O)c2ccccc2)s1. The Balaban J connectivity index is 1.93. The van der Waals surface area contributed by atoms with Crippen molar-refractivity contribution in [3.63, 3.8) is 0 Å². The van der Waals surface area contributed by atoms with Crippen molar-refractivity contribution in [2.24, 2.45) is 0 Å². The highest BCUT2D eigenvalue weighted by Crippen LogP contribution is 2.17. The van der Waals surface area contributed by atoms with Crippen LogP contribution in [0.3, 0.4) is 0 Å². The monoisotopic (exact) mass is 326 g/mol. The van der Waals surface area contributed by atoms with Crippen molar-refractivity contribution in [2.75, 3.05) is 6.54 Å². The van der Waals surface area contributed by atoms with Crippen LogP contribution < -0.4 is 10.2 Å². The number of carbonyl (C=O) groups excluding carboxylic acids is 1. The van der Waals surface area contributed by atoms with E-state index in [9.17, 15) is 13.2 Å². The summed E-state index contributed by atoms with van der Waals surface area (Å²) in [5.41, 5.74) is 1.56. The second-order valence-corrected chi connectivity index (χ2v) is 7.10. The largest absolute Gasteiger partial charge is 0.288 e. The molecule has 0 atom stereocenters. The Morgan fingerprint density at radius 2 is 1.86 bits per heavy atom. The minimum Gasteiger partial charge on any atom is -0.288 e. The van der Waals surface area contributed by atoms with Crippen LogP contribution in [-0.2, 0) is 16.4 Å². The predicted octanol–water partition coefficient (Wildman–Crippen LogP) is 1.39. The Kier molecular flexibility index (Phi) is 5.07. The summed E-state index contributed by atoms with van der Waals surface area (Å²) < 4.78 is 26.5. The molecular weight excluding hydrogens is 312 g/mol. The molecule has 21 heavy (non-hydrogen) atoms. The van der Waals surface area contributed by atoms with E-state index < -0.39 is 15.9 Å². The molecule has 0 spiro atoms. The Bertz CT molecular complexity index is 711. The number of sulfonamides is 1. The molecule has 3 N–H and O–H groups in total. The lowest BCUT2D eigenvalue weighted by molar-refractivity contribution is 0.0711. The molecule has 0 saturated carbocycles. The fourth-order valence-corrected chi connectivity index (χ4v) is 3.63. The molecule has 0 radical (unpaired) electrons. The average Bonchev–Trinajstić information content (AvgIpc) is 2.96. The van der Waals surface area contributed by atoms with Crippen molar-refractivity contribution < 1.29 is 18.4 Å².